The van der Waals surface area contributed by atoms with Crippen LogP contribution in [0.2, 0.25) is 0 Å². The fraction of sp³-hybridized carbons (Fsp3) is 0.333. The molecule has 4 heteroatoms. The molecule has 0 saturated heterocycles. The molecular formula is C24H24O4. The first kappa shape index (κ1) is 17.2. The third kappa shape index (κ3) is 2.67. The molecule has 0 aromatic carbocycles. The fourth-order valence-corrected chi connectivity index (χ4v) is 3.82. The normalized spacial score (nSPS) is 17.6. The summed E-state index contributed by atoms with van der Waals surface area (Å²) in [6.07, 6.45) is 1.22. The Bertz CT molecular complexity index is 954. The van der Waals surface area contributed by atoms with Crippen LogP contribution in [0.5, 0.6) is 0 Å². The smallest absolute Gasteiger partial charge is 0.117 e. The first-order chi connectivity index (χ1) is 13.3. The first-order valence-electron chi connectivity index (χ1n) is 9.69. The molecule has 8 bridgehead atoms. The molecule has 0 saturated carbocycles. The topological polar surface area (TPSA) is 52.6 Å². The Morgan fingerprint density at radius 3 is 0.964 bits per heavy atom. The lowest BCUT2D eigenvalue weighted by Crippen LogP contribution is -2.17. The number of furan rings is 4. The van der Waals surface area contributed by atoms with Gasteiger partial charge in [0, 0.05) is 0 Å². The van der Waals surface area contributed by atoms with E-state index in [1.807, 2.05) is 48.5 Å². The molecule has 0 aliphatic carbocycles. The van der Waals surface area contributed by atoms with Gasteiger partial charge in [0.2, 0.25) is 0 Å². The zero-order valence-corrected chi connectivity index (χ0v) is 16.7. The van der Waals surface area contributed by atoms with Crippen molar-refractivity contribution in [3.63, 3.8) is 0 Å². The van der Waals surface area contributed by atoms with Crippen LogP contribution in [-0.2, 0) is 23.7 Å². The van der Waals surface area contributed by atoms with E-state index >= 15 is 0 Å². The third-order valence-corrected chi connectivity index (χ3v) is 5.81. The maximum atomic E-state index is 6.17. The molecule has 0 fully saturated rings. The van der Waals surface area contributed by atoms with Gasteiger partial charge >= 0.3 is 0 Å². The number of rotatable bonds is 0. The first-order valence-corrected chi connectivity index (χ1v) is 9.69. The van der Waals surface area contributed by atoms with Crippen molar-refractivity contribution < 1.29 is 17.7 Å². The highest BCUT2D eigenvalue weighted by Gasteiger charge is 2.33. The zero-order chi connectivity index (χ0) is 19.5. The minimum Gasteiger partial charge on any atom is -0.465 e. The van der Waals surface area contributed by atoms with E-state index in [1.54, 1.807) is 0 Å². The molecular weight excluding hydrogens is 352 g/mol. The van der Waals surface area contributed by atoms with Crippen LogP contribution in [0.15, 0.2) is 66.2 Å². The van der Waals surface area contributed by atoms with Crippen molar-refractivity contribution in [1.29, 1.82) is 0 Å². The van der Waals surface area contributed by atoms with Gasteiger partial charge in [-0.3, -0.25) is 0 Å². The van der Waals surface area contributed by atoms with Crippen molar-refractivity contribution in [2.24, 2.45) is 0 Å². The number of hydrogen-bond acceptors (Lipinski definition) is 4. The second-order valence-corrected chi connectivity index (χ2v) is 8.67. The summed E-state index contributed by atoms with van der Waals surface area (Å²) in [7, 11) is 0. The highest BCUT2D eigenvalue weighted by Crippen LogP contribution is 2.37. The van der Waals surface area contributed by atoms with E-state index in [2.05, 4.69) is 27.7 Å². The molecule has 4 nitrogen and oxygen atoms in total. The molecule has 0 radical (unpaired) electrons. The summed E-state index contributed by atoms with van der Waals surface area (Å²) in [6, 6.07) is 16.2. The fourth-order valence-electron chi connectivity index (χ4n) is 3.82. The Morgan fingerprint density at radius 1 is 0.464 bits per heavy atom. The zero-order valence-electron chi connectivity index (χ0n) is 16.7. The van der Waals surface area contributed by atoms with Gasteiger partial charge in [-0.1, -0.05) is 0 Å². The van der Waals surface area contributed by atoms with Crippen molar-refractivity contribution in [2.45, 2.75) is 51.4 Å². The summed E-state index contributed by atoms with van der Waals surface area (Å²) in [5, 5.41) is 0. The molecule has 0 spiro atoms. The van der Waals surface area contributed by atoms with Crippen LogP contribution in [-0.4, -0.2) is 0 Å². The summed E-state index contributed by atoms with van der Waals surface area (Å²) in [4.78, 5) is 0. The second-order valence-electron chi connectivity index (χ2n) is 8.67. The monoisotopic (exact) mass is 376 g/mol. The average molecular weight is 376 g/mol. The SMILES string of the molecule is CC1(C)c2ccc(o2)Cc2ccc(o2)C(C)(C)c2ccc(o2)Cc2ccc1o2. The van der Waals surface area contributed by atoms with Crippen LogP contribution in [0.4, 0.5) is 0 Å². The average Bonchev–Trinajstić information content (AvgIpc) is 3.42. The van der Waals surface area contributed by atoms with E-state index in [0.717, 1.165) is 46.1 Å². The third-order valence-electron chi connectivity index (χ3n) is 5.81. The van der Waals surface area contributed by atoms with Crippen molar-refractivity contribution >= 4 is 0 Å². The quantitative estimate of drug-likeness (QED) is 0.366. The second kappa shape index (κ2) is 5.81. The molecule has 0 N–H and O–H groups in total. The van der Waals surface area contributed by atoms with Crippen molar-refractivity contribution in [1.82, 2.24) is 0 Å². The van der Waals surface area contributed by atoms with Gasteiger partial charge in [-0.2, -0.15) is 0 Å². The summed E-state index contributed by atoms with van der Waals surface area (Å²) >= 11 is 0. The predicted octanol–water partition coefficient (Wildman–Crippen LogP) is 6.21. The summed E-state index contributed by atoms with van der Waals surface area (Å²) in [6.45, 7) is 8.44. The minimum absolute atomic E-state index is 0.363. The maximum absolute atomic E-state index is 6.17. The van der Waals surface area contributed by atoms with E-state index in [0.29, 0.717) is 12.8 Å². The molecule has 0 unspecified atom stereocenters. The van der Waals surface area contributed by atoms with E-state index in [-0.39, 0.29) is 10.8 Å². The molecule has 5 rings (SSSR count). The minimum atomic E-state index is -0.363. The van der Waals surface area contributed by atoms with Crippen molar-refractivity contribution in [3.05, 3.63) is 94.6 Å². The van der Waals surface area contributed by atoms with E-state index in [4.69, 9.17) is 17.7 Å². The van der Waals surface area contributed by atoms with E-state index in [1.165, 1.54) is 0 Å². The molecule has 1 aliphatic heterocycles. The Hall–Kier alpha value is -2.88. The van der Waals surface area contributed by atoms with Gasteiger partial charge in [0.05, 0.1) is 23.7 Å². The lowest BCUT2D eigenvalue weighted by molar-refractivity contribution is 0.323. The summed E-state index contributed by atoms with van der Waals surface area (Å²) in [5.41, 5.74) is -0.726. The van der Waals surface area contributed by atoms with Gasteiger partial charge in [0.1, 0.15) is 46.1 Å². The molecule has 28 heavy (non-hydrogen) atoms. The Morgan fingerprint density at radius 2 is 0.714 bits per heavy atom. The highest BCUT2D eigenvalue weighted by atomic mass is 16.4. The van der Waals surface area contributed by atoms with Gasteiger partial charge < -0.3 is 17.7 Å². The van der Waals surface area contributed by atoms with Gasteiger partial charge in [0.25, 0.3) is 0 Å². The number of hydrogen-bond donors (Lipinski definition) is 0. The van der Waals surface area contributed by atoms with Crippen LogP contribution < -0.4 is 0 Å². The van der Waals surface area contributed by atoms with Gasteiger partial charge in [-0.05, 0) is 76.2 Å². The lowest BCUT2D eigenvalue weighted by atomic mass is 9.87. The lowest BCUT2D eigenvalue weighted by Gasteiger charge is -2.20. The molecule has 4 aromatic rings. The standard InChI is InChI=1S/C24H24O4/c1-23(2)19-9-5-15(25-19)13-17-7-11-21(27-17)24(3,4)22-12-8-18(28-22)14-16-6-10-20(23)26-16/h5-12H,13-14H2,1-4H3. The maximum Gasteiger partial charge on any atom is 0.117 e. The predicted molar refractivity (Wildman–Crippen MR) is 105 cm³/mol. The summed E-state index contributed by atoms with van der Waals surface area (Å²) in [5.74, 6) is 7.01. The van der Waals surface area contributed by atoms with E-state index in [9.17, 15) is 0 Å². The van der Waals surface area contributed by atoms with Gasteiger partial charge in [-0.25, -0.2) is 0 Å². The van der Waals surface area contributed by atoms with Gasteiger partial charge in [-0.15, -0.1) is 0 Å². The van der Waals surface area contributed by atoms with E-state index < -0.39 is 0 Å². The highest BCUT2D eigenvalue weighted by molar-refractivity contribution is 5.32. The van der Waals surface area contributed by atoms with Crippen molar-refractivity contribution in [3.8, 4) is 0 Å². The summed E-state index contributed by atoms with van der Waals surface area (Å²) < 4.78 is 24.7. The molecule has 0 atom stereocenters. The van der Waals surface area contributed by atoms with Crippen LogP contribution in [0.25, 0.3) is 0 Å². The largest absolute Gasteiger partial charge is 0.465 e. The van der Waals surface area contributed by atoms with Gasteiger partial charge in [0.15, 0.2) is 0 Å². The number of fused-ring (bicyclic) bond motifs is 8. The van der Waals surface area contributed by atoms with Crippen molar-refractivity contribution in [2.75, 3.05) is 0 Å². The van der Waals surface area contributed by atoms with Crippen LogP contribution in [0.1, 0.15) is 73.8 Å². The Balaban J connectivity index is 1.65. The van der Waals surface area contributed by atoms with Crippen LogP contribution in [0.3, 0.4) is 0 Å². The molecule has 4 aromatic heterocycles. The van der Waals surface area contributed by atoms with Crippen LogP contribution >= 0.6 is 0 Å². The Kier molecular flexibility index (Phi) is 3.57. The van der Waals surface area contributed by atoms with Crippen LogP contribution in [0, 0.1) is 0 Å². The molecule has 1 aliphatic rings. The molecule has 5 heterocycles. The molecule has 0 amide bonds. The Labute approximate surface area is 164 Å². The molecule has 144 valence electrons.